The molecule has 1 saturated heterocycles. The Morgan fingerprint density at radius 2 is 2.10 bits per heavy atom. The fraction of sp³-hybridized carbons (Fsp3) is 0.538. The SMILES string of the molecule is Cl.Cl.Nc1ccncc1C(=O)NC1CCN(C2CC2)C1. The van der Waals surface area contributed by atoms with Crippen molar-refractivity contribution < 1.29 is 4.79 Å². The summed E-state index contributed by atoms with van der Waals surface area (Å²) in [6.07, 6.45) is 6.78. The predicted octanol–water partition coefficient (Wildman–Crippen LogP) is 1.47. The summed E-state index contributed by atoms with van der Waals surface area (Å²) in [6, 6.07) is 2.67. The molecule has 112 valence electrons. The van der Waals surface area contributed by atoms with Crippen LogP contribution in [0.4, 0.5) is 5.69 Å². The second-order valence-electron chi connectivity index (χ2n) is 5.15. The fourth-order valence-electron chi connectivity index (χ4n) is 2.53. The minimum Gasteiger partial charge on any atom is -0.398 e. The van der Waals surface area contributed by atoms with Gasteiger partial charge >= 0.3 is 0 Å². The summed E-state index contributed by atoms with van der Waals surface area (Å²) < 4.78 is 0. The number of hydrogen-bond acceptors (Lipinski definition) is 4. The van der Waals surface area contributed by atoms with Crippen LogP contribution in [0.3, 0.4) is 0 Å². The number of nitrogens with one attached hydrogen (secondary N) is 1. The molecular formula is C13H20Cl2N4O. The van der Waals surface area contributed by atoms with Gasteiger partial charge in [-0.2, -0.15) is 0 Å². The van der Waals surface area contributed by atoms with Crippen LogP contribution in [0.2, 0.25) is 0 Å². The number of halogens is 2. The second kappa shape index (κ2) is 7.11. The first-order valence-corrected chi connectivity index (χ1v) is 6.48. The molecule has 0 aromatic carbocycles. The minimum absolute atomic E-state index is 0. The molecule has 1 atom stereocenters. The van der Waals surface area contributed by atoms with Crippen molar-refractivity contribution in [2.75, 3.05) is 18.8 Å². The van der Waals surface area contributed by atoms with Crippen LogP contribution >= 0.6 is 24.8 Å². The van der Waals surface area contributed by atoms with Gasteiger partial charge in [0.2, 0.25) is 0 Å². The third-order valence-electron chi connectivity index (χ3n) is 3.72. The van der Waals surface area contributed by atoms with Crippen molar-refractivity contribution in [2.45, 2.75) is 31.3 Å². The smallest absolute Gasteiger partial charge is 0.255 e. The van der Waals surface area contributed by atoms with Gasteiger partial charge in [-0.25, -0.2) is 0 Å². The van der Waals surface area contributed by atoms with Gasteiger partial charge in [0, 0.05) is 43.3 Å². The Morgan fingerprint density at radius 1 is 1.35 bits per heavy atom. The van der Waals surface area contributed by atoms with Crippen LogP contribution in [0.25, 0.3) is 0 Å². The molecule has 1 aliphatic carbocycles. The summed E-state index contributed by atoms with van der Waals surface area (Å²) in [5.41, 5.74) is 6.73. The minimum atomic E-state index is -0.108. The van der Waals surface area contributed by atoms with Crippen molar-refractivity contribution in [1.82, 2.24) is 15.2 Å². The van der Waals surface area contributed by atoms with E-state index >= 15 is 0 Å². The van der Waals surface area contributed by atoms with Crippen LogP contribution < -0.4 is 11.1 Å². The summed E-state index contributed by atoms with van der Waals surface area (Å²) in [7, 11) is 0. The molecule has 1 amide bonds. The van der Waals surface area contributed by atoms with Gasteiger partial charge in [0.25, 0.3) is 5.91 Å². The molecule has 5 nitrogen and oxygen atoms in total. The predicted molar refractivity (Wildman–Crippen MR) is 83.6 cm³/mol. The van der Waals surface area contributed by atoms with E-state index in [9.17, 15) is 4.79 Å². The molecule has 7 heteroatoms. The summed E-state index contributed by atoms with van der Waals surface area (Å²) >= 11 is 0. The zero-order valence-electron chi connectivity index (χ0n) is 11.1. The molecule has 3 rings (SSSR count). The molecule has 20 heavy (non-hydrogen) atoms. The van der Waals surface area contributed by atoms with Crippen molar-refractivity contribution in [3.05, 3.63) is 24.0 Å². The van der Waals surface area contributed by atoms with Crippen molar-refractivity contribution in [1.29, 1.82) is 0 Å². The first-order valence-electron chi connectivity index (χ1n) is 6.48. The van der Waals surface area contributed by atoms with Crippen LogP contribution in [-0.2, 0) is 0 Å². The molecule has 2 heterocycles. The zero-order valence-corrected chi connectivity index (χ0v) is 12.8. The van der Waals surface area contributed by atoms with Gasteiger partial charge in [0.15, 0.2) is 0 Å². The molecule has 1 aromatic rings. The number of anilines is 1. The quantitative estimate of drug-likeness (QED) is 0.885. The molecule has 1 aliphatic heterocycles. The average Bonchev–Trinajstić information content (AvgIpc) is 3.11. The molecule has 2 fully saturated rings. The van der Waals surface area contributed by atoms with Gasteiger partial charge in [-0.1, -0.05) is 0 Å². The summed E-state index contributed by atoms with van der Waals surface area (Å²) in [5, 5.41) is 3.05. The number of nitrogens with zero attached hydrogens (tertiary/aromatic N) is 2. The Labute approximate surface area is 131 Å². The first-order chi connectivity index (χ1) is 8.74. The maximum Gasteiger partial charge on any atom is 0.255 e. The van der Waals surface area contributed by atoms with Crippen LogP contribution in [0, 0.1) is 0 Å². The number of aromatic nitrogens is 1. The van der Waals surface area contributed by atoms with Gasteiger partial charge in [0.05, 0.1) is 5.56 Å². The summed E-state index contributed by atoms with van der Waals surface area (Å²) in [5.74, 6) is -0.108. The topological polar surface area (TPSA) is 71.2 Å². The molecule has 1 unspecified atom stereocenters. The van der Waals surface area contributed by atoms with E-state index in [2.05, 4.69) is 15.2 Å². The van der Waals surface area contributed by atoms with E-state index < -0.39 is 0 Å². The molecule has 0 spiro atoms. The van der Waals surface area contributed by atoms with E-state index in [0.29, 0.717) is 11.3 Å². The highest BCUT2D eigenvalue weighted by Gasteiger charge is 2.34. The number of rotatable bonds is 3. The van der Waals surface area contributed by atoms with Crippen molar-refractivity contribution >= 4 is 36.4 Å². The lowest BCUT2D eigenvalue weighted by molar-refractivity contribution is 0.0938. The number of carbonyl (C=O) groups excluding carboxylic acids is 1. The number of likely N-dealkylation sites (tertiary alicyclic amines) is 1. The highest BCUT2D eigenvalue weighted by atomic mass is 35.5. The number of pyridine rings is 1. The number of carbonyl (C=O) groups is 1. The van der Waals surface area contributed by atoms with E-state index in [1.165, 1.54) is 19.0 Å². The van der Waals surface area contributed by atoms with Crippen LogP contribution in [0.15, 0.2) is 18.5 Å². The molecular weight excluding hydrogens is 299 g/mol. The van der Waals surface area contributed by atoms with Crippen molar-refractivity contribution in [2.24, 2.45) is 0 Å². The van der Waals surface area contributed by atoms with Crippen LogP contribution in [-0.4, -0.2) is 41.0 Å². The third kappa shape index (κ3) is 3.75. The fourth-order valence-corrected chi connectivity index (χ4v) is 2.53. The number of nitrogen functional groups attached to an aromatic ring is 1. The maximum atomic E-state index is 12.1. The lowest BCUT2D eigenvalue weighted by atomic mass is 10.2. The lowest BCUT2D eigenvalue weighted by Gasteiger charge is -2.16. The number of nitrogens with two attached hydrogens (primary N) is 1. The van der Waals surface area contributed by atoms with Gasteiger partial charge < -0.3 is 11.1 Å². The van der Waals surface area contributed by atoms with Gasteiger partial charge in [-0.05, 0) is 25.3 Å². The Kier molecular flexibility index (Phi) is 6.05. The normalized spacial score (nSPS) is 21.7. The summed E-state index contributed by atoms with van der Waals surface area (Å²) in [4.78, 5) is 18.5. The summed E-state index contributed by atoms with van der Waals surface area (Å²) in [6.45, 7) is 2.06. The van der Waals surface area contributed by atoms with E-state index in [-0.39, 0.29) is 36.8 Å². The largest absolute Gasteiger partial charge is 0.398 e. The zero-order chi connectivity index (χ0) is 12.5. The van der Waals surface area contributed by atoms with E-state index in [4.69, 9.17) is 5.73 Å². The van der Waals surface area contributed by atoms with Gasteiger partial charge in [0.1, 0.15) is 0 Å². The Morgan fingerprint density at radius 3 is 2.75 bits per heavy atom. The Bertz CT molecular complexity index is 467. The highest BCUT2D eigenvalue weighted by molar-refractivity contribution is 5.98. The van der Waals surface area contributed by atoms with Gasteiger partial charge in [-0.15, -0.1) is 24.8 Å². The standard InChI is InChI=1S/C13H18N4O.2ClH/c14-12-3-5-15-7-11(12)13(18)16-9-4-6-17(8-9)10-1-2-10;;/h3,5,7,9-10H,1-2,4,6,8H2,(H2,14,15)(H,16,18);2*1H. The molecule has 0 radical (unpaired) electrons. The number of hydrogen-bond donors (Lipinski definition) is 2. The maximum absolute atomic E-state index is 12.1. The molecule has 0 bridgehead atoms. The van der Waals surface area contributed by atoms with Crippen LogP contribution in [0.5, 0.6) is 0 Å². The van der Waals surface area contributed by atoms with Gasteiger partial charge in [-0.3, -0.25) is 14.7 Å². The first kappa shape index (κ1) is 17.0. The van der Waals surface area contributed by atoms with E-state index in [1.807, 2.05) is 0 Å². The van der Waals surface area contributed by atoms with E-state index in [0.717, 1.165) is 25.6 Å². The molecule has 2 aliphatic rings. The Balaban J connectivity index is 0.000001000. The van der Waals surface area contributed by atoms with Crippen molar-refractivity contribution in [3.8, 4) is 0 Å². The van der Waals surface area contributed by atoms with E-state index in [1.54, 1.807) is 12.3 Å². The second-order valence-corrected chi connectivity index (χ2v) is 5.15. The molecule has 1 saturated carbocycles. The molecule has 3 N–H and O–H groups in total. The lowest BCUT2D eigenvalue weighted by Crippen LogP contribution is -2.37. The van der Waals surface area contributed by atoms with Crippen molar-refractivity contribution in [3.63, 3.8) is 0 Å². The Hall–Kier alpha value is -1.04. The van der Waals surface area contributed by atoms with Crippen LogP contribution in [0.1, 0.15) is 29.6 Å². The monoisotopic (exact) mass is 318 g/mol. The number of amides is 1. The highest BCUT2D eigenvalue weighted by Crippen LogP contribution is 2.29. The average molecular weight is 319 g/mol. The molecule has 1 aromatic heterocycles. The third-order valence-corrected chi connectivity index (χ3v) is 3.72.